The summed E-state index contributed by atoms with van der Waals surface area (Å²) in [6.07, 6.45) is 5.99. The maximum atomic E-state index is 8.94. The summed E-state index contributed by atoms with van der Waals surface area (Å²) in [6.45, 7) is 9.64. The molecule has 0 radical (unpaired) electrons. The first-order valence-corrected chi connectivity index (χ1v) is 14.8. The van der Waals surface area contributed by atoms with Gasteiger partial charge in [0, 0.05) is 44.9 Å². The monoisotopic (exact) mass is 580 g/mol. The maximum absolute atomic E-state index is 8.94. The zero-order valence-corrected chi connectivity index (χ0v) is 26.4. The Labute approximate surface area is 256 Å². The second-order valence-corrected chi connectivity index (χ2v) is 10.7. The summed E-state index contributed by atoms with van der Waals surface area (Å²) < 4.78 is 9.43. The van der Waals surface area contributed by atoms with Gasteiger partial charge in [-0.2, -0.15) is 10.5 Å². The van der Waals surface area contributed by atoms with Crippen LogP contribution in [0.25, 0.3) is 22.5 Å². The highest BCUT2D eigenvalue weighted by atomic mass is 16.5. The molecule has 4 rings (SSSR count). The molecule has 2 heterocycles. The van der Waals surface area contributed by atoms with Gasteiger partial charge in [0.05, 0.1) is 65.3 Å². The Bertz CT molecular complexity index is 1490. The van der Waals surface area contributed by atoms with E-state index in [1.54, 1.807) is 7.11 Å². The van der Waals surface area contributed by atoms with Gasteiger partial charge < -0.3 is 23.7 Å². The molecule has 0 aliphatic rings. The number of benzene rings is 2. The van der Waals surface area contributed by atoms with Crippen molar-refractivity contribution in [3.05, 3.63) is 83.7 Å². The van der Waals surface area contributed by atoms with Crippen LogP contribution in [-0.2, 0) is 31.4 Å². The van der Waals surface area contributed by atoms with Gasteiger partial charge in [0.1, 0.15) is 0 Å². The highest BCUT2D eigenvalue weighted by Crippen LogP contribution is 2.25. The van der Waals surface area contributed by atoms with Gasteiger partial charge in [-0.1, -0.05) is 38.1 Å². The Morgan fingerprint density at radius 1 is 0.744 bits per heavy atom. The van der Waals surface area contributed by atoms with Crippen LogP contribution in [-0.4, -0.2) is 69.8 Å². The lowest BCUT2D eigenvalue weighted by molar-refractivity contribution is 0.185. The number of hydrogen-bond acceptors (Lipinski definition) is 7. The van der Waals surface area contributed by atoms with E-state index >= 15 is 0 Å². The van der Waals surface area contributed by atoms with Gasteiger partial charge in [-0.05, 0) is 64.3 Å². The first kappa shape index (κ1) is 33.2. The lowest BCUT2D eigenvalue weighted by Gasteiger charge is -2.18. The van der Waals surface area contributed by atoms with E-state index in [2.05, 4.69) is 69.0 Å². The molecule has 9 heteroatoms. The number of methoxy groups -OCH3 is 1. The van der Waals surface area contributed by atoms with Crippen molar-refractivity contribution in [2.45, 2.75) is 46.3 Å². The van der Waals surface area contributed by atoms with E-state index in [0.29, 0.717) is 17.7 Å². The first-order chi connectivity index (χ1) is 20.8. The van der Waals surface area contributed by atoms with Crippen LogP contribution in [0.4, 0.5) is 0 Å². The van der Waals surface area contributed by atoms with Crippen LogP contribution < -0.4 is 0 Å². The Morgan fingerprint density at radius 3 is 1.67 bits per heavy atom. The minimum absolute atomic E-state index is 0.660. The third kappa shape index (κ3) is 9.36. The number of nitrogens with zero attached hydrogens (tertiary/aromatic N) is 8. The number of hydrogen-bond donors (Lipinski definition) is 0. The van der Waals surface area contributed by atoms with Crippen molar-refractivity contribution in [3.8, 4) is 34.7 Å². The molecule has 9 nitrogen and oxygen atoms in total. The highest BCUT2D eigenvalue weighted by Gasteiger charge is 2.15. The highest BCUT2D eigenvalue weighted by molar-refractivity contribution is 5.64. The lowest BCUT2D eigenvalue weighted by atomic mass is 10.1. The Balaban J connectivity index is 0.000000238. The van der Waals surface area contributed by atoms with Crippen molar-refractivity contribution in [2.75, 3.05) is 40.9 Å². The molecule has 0 spiro atoms. The van der Waals surface area contributed by atoms with Crippen molar-refractivity contribution in [3.63, 3.8) is 0 Å². The summed E-state index contributed by atoms with van der Waals surface area (Å²) in [7, 11) is 7.98. The summed E-state index contributed by atoms with van der Waals surface area (Å²) in [4.78, 5) is 13.7. The van der Waals surface area contributed by atoms with Crippen molar-refractivity contribution in [1.82, 2.24) is 28.9 Å². The van der Waals surface area contributed by atoms with Gasteiger partial charge >= 0.3 is 0 Å². The number of aryl methyl sites for hydroxylation is 1. The largest absolute Gasteiger partial charge is 0.383 e. The Kier molecular flexibility index (Phi) is 13.1. The topological polar surface area (TPSA) is 98.9 Å². The second-order valence-electron chi connectivity index (χ2n) is 10.7. The smallest absolute Gasteiger partial charge is 0.0991 e. The molecule has 226 valence electrons. The summed E-state index contributed by atoms with van der Waals surface area (Å²) in [5, 5.41) is 17.8. The minimum Gasteiger partial charge on any atom is -0.383 e. The molecule has 0 amide bonds. The first-order valence-electron chi connectivity index (χ1n) is 14.8. The summed E-state index contributed by atoms with van der Waals surface area (Å²) in [5.74, 6) is 0. The number of imidazole rings is 2. The normalized spacial score (nSPS) is 10.8. The number of ether oxygens (including phenoxy) is 1. The molecule has 4 aromatic rings. The molecule has 0 N–H and O–H groups in total. The summed E-state index contributed by atoms with van der Waals surface area (Å²) in [6, 6.07) is 19.5. The minimum atomic E-state index is 0.660. The lowest BCUT2D eigenvalue weighted by Crippen LogP contribution is -2.21. The van der Waals surface area contributed by atoms with Crippen LogP contribution >= 0.6 is 0 Å². The molecule has 43 heavy (non-hydrogen) atoms. The molecular formula is C34H44N8O. The number of aromatic nitrogens is 4. The molecule has 2 aromatic heterocycles. The summed E-state index contributed by atoms with van der Waals surface area (Å²) in [5.41, 5.74) is 7.80. The predicted molar refractivity (Wildman–Crippen MR) is 171 cm³/mol. The van der Waals surface area contributed by atoms with Gasteiger partial charge in [0.2, 0.25) is 0 Å². The van der Waals surface area contributed by atoms with E-state index in [0.717, 1.165) is 68.1 Å². The van der Waals surface area contributed by atoms with Crippen molar-refractivity contribution in [1.29, 1.82) is 10.5 Å². The summed E-state index contributed by atoms with van der Waals surface area (Å²) >= 11 is 0. The van der Waals surface area contributed by atoms with E-state index in [1.807, 2.05) is 68.2 Å². The van der Waals surface area contributed by atoms with E-state index in [-0.39, 0.29) is 0 Å². The molecule has 0 atom stereocenters. The molecule has 0 fully saturated rings. The number of nitriles is 2. The van der Waals surface area contributed by atoms with Crippen molar-refractivity contribution >= 4 is 0 Å². The SMILES string of the molecule is CCCN(C)Cc1c(-c2ccc(C#N)cc2)ncn1C.CCCN(C)Cc1c(-c2ccc(C#N)cc2)ncn1CCOC. The van der Waals surface area contributed by atoms with Crippen LogP contribution in [0.2, 0.25) is 0 Å². The van der Waals surface area contributed by atoms with Crippen LogP contribution in [0.5, 0.6) is 0 Å². The van der Waals surface area contributed by atoms with E-state index < -0.39 is 0 Å². The second kappa shape index (κ2) is 17.0. The molecule has 0 bridgehead atoms. The molecule has 0 saturated carbocycles. The van der Waals surface area contributed by atoms with Gasteiger partial charge in [-0.25, -0.2) is 9.97 Å². The molecule has 0 aliphatic heterocycles. The van der Waals surface area contributed by atoms with Gasteiger partial charge in [-0.15, -0.1) is 0 Å². The zero-order chi connectivity index (χ0) is 31.2. The maximum Gasteiger partial charge on any atom is 0.0991 e. The Morgan fingerprint density at radius 2 is 1.21 bits per heavy atom. The molecule has 0 aliphatic carbocycles. The predicted octanol–water partition coefficient (Wildman–Crippen LogP) is 5.71. The fourth-order valence-corrected chi connectivity index (χ4v) is 4.92. The van der Waals surface area contributed by atoms with Crippen LogP contribution in [0, 0.1) is 22.7 Å². The van der Waals surface area contributed by atoms with Gasteiger partial charge in [0.25, 0.3) is 0 Å². The molecule has 0 saturated heterocycles. The number of rotatable bonds is 13. The van der Waals surface area contributed by atoms with E-state index in [4.69, 9.17) is 15.3 Å². The molecule has 0 unspecified atom stereocenters. The average molecular weight is 581 g/mol. The fourth-order valence-electron chi connectivity index (χ4n) is 4.92. The van der Waals surface area contributed by atoms with Crippen molar-refractivity contribution in [2.24, 2.45) is 7.05 Å². The van der Waals surface area contributed by atoms with Crippen LogP contribution in [0.1, 0.15) is 49.2 Å². The van der Waals surface area contributed by atoms with Crippen LogP contribution in [0.3, 0.4) is 0 Å². The van der Waals surface area contributed by atoms with Crippen LogP contribution in [0.15, 0.2) is 61.2 Å². The van der Waals surface area contributed by atoms with Gasteiger partial charge in [-0.3, -0.25) is 0 Å². The molecule has 2 aromatic carbocycles. The fraction of sp³-hybridized carbons (Fsp3) is 0.412. The molecular weight excluding hydrogens is 536 g/mol. The average Bonchev–Trinajstić information content (AvgIpc) is 3.59. The van der Waals surface area contributed by atoms with Crippen molar-refractivity contribution < 1.29 is 4.74 Å². The van der Waals surface area contributed by atoms with E-state index in [1.165, 1.54) is 11.4 Å². The zero-order valence-electron chi connectivity index (χ0n) is 26.4. The third-order valence-electron chi connectivity index (χ3n) is 7.17. The Hall–Kier alpha value is -4.28. The van der Waals surface area contributed by atoms with Gasteiger partial charge in [0.15, 0.2) is 0 Å². The quantitative estimate of drug-likeness (QED) is 0.200. The third-order valence-corrected chi connectivity index (χ3v) is 7.17. The standard InChI is InChI=1S/C18H24N4O.C16H20N4/c1-4-9-21(2)13-17-18(20-14-22(17)10-11-23-3)16-7-5-15(12-19)6-8-16;1-4-9-19(2)11-15-16(18-12-20(15)3)14-7-5-13(10-17)6-8-14/h5-8,14H,4,9-11,13H2,1-3H3;5-8,12H,4,9,11H2,1-3H3. The van der Waals surface area contributed by atoms with E-state index in [9.17, 15) is 0 Å².